The van der Waals surface area contributed by atoms with E-state index in [4.69, 9.17) is 0 Å². The number of carbonyl (C=O) groups is 5. The summed E-state index contributed by atoms with van der Waals surface area (Å²) < 4.78 is 0. The predicted molar refractivity (Wildman–Crippen MR) is 134 cm³/mol. The first-order valence-electron chi connectivity index (χ1n) is 12.2. The van der Waals surface area contributed by atoms with Crippen LogP contribution in [0.15, 0.2) is 0 Å². The molecule has 0 rings (SSSR count). The molecule has 0 aliphatic heterocycles. The molecule has 7 atom stereocenters. The van der Waals surface area contributed by atoms with Crippen LogP contribution in [-0.4, -0.2) is 95.3 Å². The van der Waals surface area contributed by atoms with Gasteiger partial charge in [-0.1, -0.05) is 20.3 Å². The minimum Gasteiger partial charge on any atom is -0.394 e. The third-order valence-corrected chi connectivity index (χ3v) is 6.25. The van der Waals surface area contributed by atoms with E-state index < -0.39 is 66.5 Å². The van der Waals surface area contributed by atoms with Crippen LogP contribution in [0.1, 0.15) is 46.5 Å². The Morgan fingerprint density at radius 1 is 0.944 bits per heavy atom. The minimum absolute atomic E-state index is 0.128. The number of carbonyl (C=O) groups excluding carboxylic acids is 5. The zero-order chi connectivity index (χ0) is 27.8. The molecule has 0 saturated heterocycles. The predicted octanol–water partition coefficient (Wildman–Crippen LogP) is -4.50. The maximum absolute atomic E-state index is 13.0. The van der Waals surface area contributed by atoms with E-state index in [0.717, 1.165) is 0 Å². The van der Waals surface area contributed by atoms with Crippen molar-refractivity contribution >= 4 is 42.5 Å². The summed E-state index contributed by atoms with van der Waals surface area (Å²) in [6.45, 7) is 4.83. The fourth-order valence-electron chi connectivity index (χ4n) is 3.11. The highest BCUT2D eigenvalue weighted by Crippen LogP contribution is 2.07. The Balaban J connectivity index is 5.53. The van der Waals surface area contributed by atoms with E-state index >= 15 is 0 Å². The number of thiol groups is 1. The Morgan fingerprint density at radius 2 is 1.53 bits per heavy atom. The maximum atomic E-state index is 13.0. The van der Waals surface area contributed by atoms with Gasteiger partial charge in [0.1, 0.15) is 24.4 Å². The Bertz CT molecular complexity index is 727. The molecule has 0 aliphatic carbocycles. The van der Waals surface area contributed by atoms with Crippen LogP contribution >= 0.6 is 12.6 Å². The van der Waals surface area contributed by atoms with Crippen molar-refractivity contribution in [3.8, 4) is 0 Å². The summed E-state index contributed by atoms with van der Waals surface area (Å²) in [4.78, 5) is 61.9. The molecule has 0 heterocycles. The van der Waals surface area contributed by atoms with Crippen molar-refractivity contribution in [1.29, 1.82) is 0 Å². The molecule has 0 bridgehead atoms. The van der Waals surface area contributed by atoms with Gasteiger partial charge in [0.15, 0.2) is 6.04 Å². The van der Waals surface area contributed by atoms with Crippen molar-refractivity contribution in [3.63, 3.8) is 0 Å². The van der Waals surface area contributed by atoms with Crippen molar-refractivity contribution in [2.24, 2.45) is 5.92 Å². The topological polar surface area (TPSA) is 229 Å². The van der Waals surface area contributed by atoms with Gasteiger partial charge in [0.2, 0.25) is 17.7 Å². The van der Waals surface area contributed by atoms with Crippen molar-refractivity contribution in [2.45, 2.75) is 82.8 Å². The van der Waals surface area contributed by atoms with Crippen molar-refractivity contribution in [2.75, 3.05) is 18.9 Å². The van der Waals surface area contributed by atoms with Crippen LogP contribution in [0, 0.1) is 5.92 Å². The number of rotatable bonds is 18. The summed E-state index contributed by atoms with van der Waals surface area (Å²) in [5.74, 6) is -2.90. The Morgan fingerprint density at radius 3 is 2.00 bits per heavy atom. The number of unbranched alkanes of at least 4 members (excludes halogenated alkanes) is 1. The monoisotopic (exact) mass is 536 g/mol. The van der Waals surface area contributed by atoms with E-state index in [1.165, 1.54) is 6.92 Å². The quantitative estimate of drug-likeness (QED) is 0.0473. The molecule has 36 heavy (non-hydrogen) atoms. The molecule has 0 aliphatic rings. The zero-order valence-corrected chi connectivity index (χ0v) is 22.3. The van der Waals surface area contributed by atoms with Crippen LogP contribution in [0.25, 0.3) is 0 Å². The first kappa shape index (κ1) is 33.7. The van der Waals surface area contributed by atoms with Crippen molar-refractivity contribution < 1.29 is 45.7 Å². The number of amides is 4. The van der Waals surface area contributed by atoms with Crippen LogP contribution in [0.2, 0.25) is 0 Å². The average molecular weight is 537 g/mol. The second-order valence-electron chi connectivity index (χ2n) is 8.82. The normalized spacial score (nSPS) is 16.9. The molecule has 0 radical (unpaired) electrons. The summed E-state index contributed by atoms with van der Waals surface area (Å²) in [5, 5.41) is 29.6. The smallest absolute Gasteiger partial charge is 0.279 e. The molecule has 208 valence electrons. The van der Waals surface area contributed by atoms with Gasteiger partial charge in [-0.3, -0.25) is 19.2 Å². The van der Waals surface area contributed by atoms with Gasteiger partial charge < -0.3 is 47.7 Å². The molecule has 0 fully saturated rings. The second kappa shape index (κ2) is 18.1. The average Bonchev–Trinajstić information content (AvgIpc) is 2.86. The van der Waals surface area contributed by atoms with E-state index in [9.17, 15) is 34.2 Å². The van der Waals surface area contributed by atoms with E-state index in [2.05, 4.69) is 45.4 Å². The molecule has 0 unspecified atom stereocenters. The third-order valence-electron chi connectivity index (χ3n) is 5.81. The van der Waals surface area contributed by atoms with Gasteiger partial charge in [-0.05, 0) is 32.1 Å². The highest BCUT2D eigenvalue weighted by atomic mass is 32.1. The Hall–Kier alpha value is -2.26. The molecule has 13 nitrogen and oxygen atoms in total. The molecule has 0 aromatic rings. The van der Waals surface area contributed by atoms with E-state index in [-0.39, 0.29) is 18.1 Å². The lowest BCUT2D eigenvalue weighted by molar-refractivity contribution is -0.396. The molecular formula is C22H44N6O7S+2. The summed E-state index contributed by atoms with van der Waals surface area (Å²) in [6, 6.07) is -5.38. The van der Waals surface area contributed by atoms with Gasteiger partial charge in [-0.25, -0.2) is 0 Å². The number of hydrogen-bond donors (Lipinski definition) is 9. The van der Waals surface area contributed by atoms with Crippen molar-refractivity contribution in [1.82, 2.24) is 21.3 Å². The summed E-state index contributed by atoms with van der Waals surface area (Å²) in [7, 11) is 0. The first-order valence-corrected chi connectivity index (χ1v) is 12.8. The third kappa shape index (κ3) is 11.6. The van der Waals surface area contributed by atoms with Crippen LogP contribution in [-0.2, 0) is 24.0 Å². The standard InChI is InChI=1S/C22H42N6O7S/c1-4-12(2)16(9-29)26-21(34)17(10-30)27-20(33)15(7-5-6-8-23)25-22(35)18(13(3)31)28-19(32)14(24)11-36/h9,12-18,30-31,36H,4-8,10-11,23-24H2,1-3H3,(H,25,35)(H,26,34)(H,27,33)(H,28,32)/p+2/t12-,13+,14-,15-,16+,17-,18-/m0/s1. The van der Waals surface area contributed by atoms with Crippen LogP contribution in [0.3, 0.4) is 0 Å². The molecule has 0 spiro atoms. The van der Waals surface area contributed by atoms with Gasteiger partial charge in [0.25, 0.3) is 5.91 Å². The second-order valence-corrected chi connectivity index (χ2v) is 9.18. The fraction of sp³-hybridized carbons (Fsp3) is 0.773. The summed E-state index contributed by atoms with van der Waals surface area (Å²) >= 11 is 3.99. The Kier molecular flexibility index (Phi) is 16.9. The van der Waals surface area contributed by atoms with Gasteiger partial charge in [0, 0.05) is 0 Å². The first-order chi connectivity index (χ1) is 17.0. The molecule has 12 N–H and O–H groups in total. The summed E-state index contributed by atoms with van der Waals surface area (Å²) in [5.41, 5.74) is 7.36. The molecule has 0 aromatic heterocycles. The highest BCUT2D eigenvalue weighted by molar-refractivity contribution is 7.80. The van der Waals surface area contributed by atoms with Gasteiger partial charge in [-0.2, -0.15) is 12.6 Å². The molecular weight excluding hydrogens is 492 g/mol. The molecule has 14 heteroatoms. The van der Waals surface area contributed by atoms with Crippen molar-refractivity contribution in [3.05, 3.63) is 0 Å². The lowest BCUT2D eigenvalue weighted by Crippen LogP contribution is -2.70. The molecule has 0 saturated carbocycles. The Labute approximate surface area is 217 Å². The number of hydrogen-bond acceptors (Lipinski definition) is 8. The summed E-state index contributed by atoms with van der Waals surface area (Å²) in [6.07, 6.45) is 1.32. The van der Waals surface area contributed by atoms with Gasteiger partial charge in [-0.15, -0.1) is 0 Å². The minimum atomic E-state index is -1.36. The van der Waals surface area contributed by atoms with Crippen LogP contribution in [0.4, 0.5) is 0 Å². The van der Waals surface area contributed by atoms with E-state index in [1.807, 2.05) is 6.92 Å². The number of aliphatic hydroxyl groups is 2. The zero-order valence-electron chi connectivity index (χ0n) is 21.4. The number of nitrogens with one attached hydrogen (secondary N) is 4. The largest absolute Gasteiger partial charge is 0.394 e. The fourth-order valence-corrected chi connectivity index (χ4v) is 3.28. The lowest BCUT2D eigenvalue weighted by Gasteiger charge is -2.27. The molecule has 0 aromatic carbocycles. The molecule has 4 amide bonds. The van der Waals surface area contributed by atoms with E-state index in [1.54, 1.807) is 6.92 Å². The van der Waals surface area contributed by atoms with Gasteiger partial charge in [0.05, 0.1) is 31.1 Å². The maximum Gasteiger partial charge on any atom is 0.279 e. The highest BCUT2D eigenvalue weighted by Gasteiger charge is 2.33. The number of aldehydes is 1. The lowest BCUT2D eigenvalue weighted by atomic mass is 10.00. The number of quaternary nitrogens is 2. The van der Waals surface area contributed by atoms with Gasteiger partial charge >= 0.3 is 0 Å². The van der Waals surface area contributed by atoms with E-state index in [0.29, 0.717) is 32.1 Å². The SMILES string of the molecule is CC[C@H](C)[C@@H](C=O)NC(=O)[C@H](CO)NC(=O)[C@H](CCCC[NH3+])NC(=O)[C@@H](NC(=O)[C@@H]([NH3+])CS)[C@@H](C)O. The number of aliphatic hydroxyl groups excluding tert-OH is 2. The van der Waals surface area contributed by atoms with Crippen LogP contribution in [0.5, 0.6) is 0 Å². The van der Waals surface area contributed by atoms with Crippen LogP contribution < -0.4 is 32.7 Å².